The lowest BCUT2D eigenvalue weighted by Gasteiger charge is -2.17. The van der Waals surface area contributed by atoms with Gasteiger partial charge in [-0.25, -0.2) is 0 Å². The first-order valence-electron chi connectivity index (χ1n) is 7.07. The van der Waals surface area contributed by atoms with Gasteiger partial charge in [0.25, 0.3) is 0 Å². The summed E-state index contributed by atoms with van der Waals surface area (Å²) in [6.07, 6.45) is -3.03. The number of benzene rings is 2. The van der Waals surface area contributed by atoms with Crippen LogP contribution in [0.15, 0.2) is 54.6 Å². The Morgan fingerprint density at radius 1 is 0.917 bits per heavy atom. The third-order valence-corrected chi connectivity index (χ3v) is 3.73. The number of methoxy groups -OCH3 is 2. The molecule has 0 heterocycles. The van der Waals surface area contributed by atoms with Gasteiger partial charge >= 0.3 is 6.18 Å². The Hall–Kier alpha value is -2.14. The Kier molecular flexibility index (Phi) is 5.78. The number of ether oxygens (including phenoxy) is 2. The van der Waals surface area contributed by atoms with Crippen molar-refractivity contribution in [2.45, 2.75) is 12.1 Å². The van der Waals surface area contributed by atoms with Gasteiger partial charge in [0.15, 0.2) is 11.5 Å². The van der Waals surface area contributed by atoms with Gasteiger partial charge in [-0.1, -0.05) is 35.9 Å². The number of hydrogen-bond acceptors (Lipinski definition) is 2. The number of alkyl halides is 3. The summed E-state index contributed by atoms with van der Waals surface area (Å²) in [5.74, 6) is 0.369. The molecule has 24 heavy (non-hydrogen) atoms. The molecular weight excluding hydrogens is 341 g/mol. The molecule has 0 bridgehead atoms. The molecule has 2 nitrogen and oxygen atoms in total. The maximum Gasteiger partial charge on any atom is 0.409 e. The Balaban J connectivity index is 2.49. The van der Waals surface area contributed by atoms with E-state index in [1.54, 1.807) is 42.5 Å². The van der Waals surface area contributed by atoms with Gasteiger partial charge in [-0.15, -0.1) is 0 Å². The van der Waals surface area contributed by atoms with Crippen molar-refractivity contribution in [1.82, 2.24) is 0 Å². The molecule has 0 aliphatic rings. The van der Waals surface area contributed by atoms with Crippen LogP contribution in [0.2, 0.25) is 5.02 Å². The monoisotopic (exact) mass is 356 g/mol. The van der Waals surface area contributed by atoms with Crippen LogP contribution in [0.5, 0.6) is 11.5 Å². The van der Waals surface area contributed by atoms with Crippen LogP contribution in [0.4, 0.5) is 13.2 Å². The summed E-state index contributed by atoms with van der Waals surface area (Å²) >= 11 is 5.86. The molecule has 0 aliphatic carbocycles. The van der Waals surface area contributed by atoms with Crippen molar-refractivity contribution in [3.05, 3.63) is 70.8 Å². The summed E-state index contributed by atoms with van der Waals surface area (Å²) in [6, 6.07) is 11.7. The minimum atomic E-state index is -4.39. The standard InChI is InChI=1S/C18H16ClF3O2/c1-23-16-8-5-13(11-17(16)24-2)15(9-10-18(20,21)22)12-3-6-14(19)7-4-12/h3-11,15H,1-2H3/b10-9+. The Bertz CT molecular complexity index is 709. The summed E-state index contributed by atoms with van der Waals surface area (Å²) in [6.45, 7) is 0. The number of halogens is 4. The van der Waals surface area contributed by atoms with E-state index in [9.17, 15) is 13.2 Å². The van der Waals surface area contributed by atoms with E-state index in [1.807, 2.05) is 0 Å². The van der Waals surface area contributed by atoms with Crippen LogP contribution in [0, 0.1) is 0 Å². The van der Waals surface area contributed by atoms with Crippen LogP contribution < -0.4 is 9.47 Å². The van der Waals surface area contributed by atoms with E-state index in [0.717, 1.165) is 6.08 Å². The van der Waals surface area contributed by atoms with E-state index in [1.165, 1.54) is 14.2 Å². The van der Waals surface area contributed by atoms with Gasteiger partial charge in [-0.2, -0.15) is 13.2 Å². The lowest BCUT2D eigenvalue weighted by atomic mass is 9.90. The summed E-state index contributed by atoms with van der Waals surface area (Å²) in [4.78, 5) is 0. The molecule has 0 saturated carbocycles. The number of allylic oxidation sites excluding steroid dienone is 2. The fourth-order valence-electron chi connectivity index (χ4n) is 2.34. The van der Waals surface area contributed by atoms with Crippen molar-refractivity contribution < 1.29 is 22.6 Å². The van der Waals surface area contributed by atoms with Gasteiger partial charge in [0.2, 0.25) is 0 Å². The maximum absolute atomic E-state index is 12.6. The highest BCUT2D eigenvalue weighted by atomic mass is 35.5. The molecule has 2 rings (SSSR count). The van der Waals surface area contributed by atoms with E-state index < -0.39 is 12.1 Å². The second-order valence-electron chi connectivity index (χ2n) is 5.04. The zero-order chi connectivity index (χ0) is 17.7. The van der Waals surface area contributed by atoms with Crippen molar-refractivity contribution in [1.29, 1.82) is 0 Å². The van der Waals surface area contributed by atoms with Crippen LogP contribution >= 0.6 is 11.6 Å². The normalized spacial score (nSPS) is 13.1. The predicted octanol–water partition coefficient (Wildman–Crippen LogP) is 5.61. The quantitative estimate of drug-likeness (QED) is 0.648. The summed E-state index contributed by atoms with van der Waals surface area (Å²) in [5, 5.41) is 0.518. The molecule has 0 N–H and O–H groups in total. The third kappa shape index (κ3) is 4.68. The molecule has 128 valence electrons. The largest absolute Gasteiger partial charge is 0.493 e. The van der Waals surface area contributed by atoms with E-state index in [-0.39, 0.29) is 6.08 Å². The summed E-state index contributed by atoms with van der Waals surface area (Å²) in [5.41, 5.74) is 1.34. The molecule has 0 aliphatic heterocycles. The Labute approximate surface area is 143 Å². The number of rotatable bonds is 5. The van der Waals surface area contributed by atoms with Gasteiger partial charge in [0, 0.05) is 17.0 Å². The first-order chi connectivity index (χ1) is 11.3. The predicted molar refractivity (Wildman–Crippen MR) is 88.0 cm³/mol. The number of hydrogen-bond donors (Lipinski definition) is 0. The van der Waals surface area contributed by atoms with Crippen molar-refractivity contribution in [2.24, 2.45) is 0 Å². The second kappa shape index (κ2) is 7.62. The molecule has 0 amide bonds. The van der Waals surface area contributed by atoms with Crippen LogP contribution in [-0.2, 0) is 0 Å². The minimum absolute atomic E-state index is 0.239. The van der Waals surface area contributed by atoms with E-state index >= 15 is 0 Å². The van der Waals surface area contributed by atoms with E-state index in [0.29, 0.717) is 27.6 Å². The van der Waals surface area contributed by atoms with Crippen molar-refractivity contribution in [2.75, 3.05) is 14.2 Å². The molecule has 0 fully saturated rings. The average molecular weight is 357 g/mol. The SMILES string of the molecule is COc1ccc(C(/C=C/C(F)(F)F)c2ccc(Cl)cc2)cc1OC. The van der Waals surface area contributed by atoms with Gasteiger partial charge in [0.1, 0.15) is 0 Å². The first kappa shape index (κ1) is 18.2. The van der Waals surface area contributed by atoms with E-state index in [2.05, 4.69) is 0 Å². The highest BCUT2D eigenvalue weighted by Crippen LogP contribution is 2.35. The van der Waals surface area contributed by atoms with Crippen LogP contribution in [-0.4, -0.2) is 20.4 Å². The fourth-order valence-corrected chi connectivity index (χ4v) is 2.46. The zero-order valence-electron chi connectivity index (χ0n) is 13.1. The molecule has 6 heteroatoms. The molecule has 1 atom stereocenters. The van der Waals surface area contributed by atoms with Gasteiger partial charge in [0.05, 0.1) is 14.2 Å². The average Bonchev–Trinajstić information content (AvgIpc) is 2.55. The smallest absolute Gasteiger partial charge is 0.409 e. The lowest BCUT2D eigenvalue weighted by molar-refractivity contribution is -0.0800. The Morgan fingerprint density at radius 2 is 1.50 bits per heavy atom. The van der Waals surface area contributed by atoms with Gasteiger partial charge < -0.3 is 9.47 Å². The highest BCUT2D eigenvalue weighted by molar-refractivity contribution is 6.30. The van der Waals surface area contributed by atoms with Crippen LogP contribution in [0.25, 0.3) is 0 Å². The zero-order valence-corrected chi connectivity index (χ0v) is 13.9. The molecule has 2 aromatic carbocycles. The van der Waals surface area contributed by atoms with Gasteiger partial charge in [-0.3, -0.25) is 0 Å². The molecule has 0 radical (unpaired) electrons. The third-order valence-electron chi connectivity index (χ3n) is 3.47. The van der Waals surface area contributed by atoms with Crippen molar-refractivity contribution in [3.63, 3.8) is 0 Å². The highest BCUT2D eigenvalue weighted by Gasteiger charge is 2.24. The maximum atomic E-state index is 12.6. The summed E-state index contributed by atoms with van der Waals surface area (Å²) in [7, 11) is 2.97. The van der Waals surface area contributed by atoms with Gasteiger partial charge in [-0.05, 0) is 35.4 Å². The first-order valence-corrected chi connectivity index (χ1v) is 7.45. The molecule has 2 aromatic rings. The van der Waals surface area contributed by atoms with Crippen LogP contribution in [0.1, 0.15) is 17.0 Å². The van der Waals surface area contributed by atoms with Crippen molar-refractivity contribution in [3.8, 4) is 11.5 Å². The molecular formula is C18H16ClF3O2. The molecule has 0 saturated heterocycles. The van der Waals surface area contributed by atoms with Crippen LogP contribution in [0.3, 0.4) is 0 Å². The van der Waals surface area contributed by atoms with E-state index in [4.69, 9.17) is 21.1 Å². The van der Waals surface area contributed by atoms with Crippen molar-refractivity contribution >= 4 is 11.6 Å². The molecule has 1 unspecified atom stereocenters. The topological polar surface area (TPSA) is 18.5 Å². The Morgan fingerprint density at radius 3 is 2.04 bits per heavy atom. The second-order valence-corrected chi connectivity index (χ2v) is 5.48. The summed E-state index contributed by atoms with van der Waals surface area (Å²) < 4.78 is 48.3. The lowest BCUT2D eigenvalue weighted by Crippen LogP contribution is -2.05. The minimum Gasteiger partial charge on any atom is -0.493 e. The molecule has 0 aromatic heterocycles. The molecule has 0 spiro atoms. The fraction of sp³-hybridized carbons (Fsp3) is 0.222.